The van der Waals surface area contributed by atoms with Crippen LogP contribution in [0.5, 0.6) is 0 Å². The highest BCUT2D eigenvalue weighted by molar-refractivity contribution is 9.08. The molecule has 0 spiro atoms. The van der Waals surface area contributed by atoms with E-state index in [1.165, 1.54) is 17.2 Å². The predicted molar refractivity (Wildman–Crippen MR) is 109 cm³/mol. The van der Waals surface area contributed by atoms with E-state index in [1.54, 1.807) is 49.4 Å². The highest BCUT2D eigenvalue weighted by Gasteiger charge is 2.26. The number of fused-ring (bicyclic) bond motifs is 1. The van der Waals surface area contributed by atoms with Crippen LogP contribution in [0.4, 0.5) is 0 Å². The fourth-order valence-electron chi connectivity index (χ4n) is 3.11. The number of benzene rings is 2. The lowest BCUT2D eigenvalue weighted by Gasteiger charge is -2.12. The van der Waals surface area contributed by atoms with E-state index >= 15 is 0 Å². The summed E-state index contributed by atoms with van der Waals surface area (Å²) in [6.45, 7) is 1.77. The van der Waals surface area contributed by atoms with E-state index in [0.29, 0.717) is 27.7 Å². The number of esters is 1. The van der Waals surface area contributed by atoms with Crippen LogP contribution in [0.2, 0.25) is 0 Å². The summed E-state index contributed by atoms with van der Waals surface area (Å²) < 4.78 is 32.8. The van der Waals surface area contributed by atoms with E-state index in [4.69, 9.17) is 4.74 Å². The number of carbonyl (C=O) groups excluding carboxylic acids is 1. The third-order valence-electron chi connectivity index (χ3n) is 4.26. The average Bonchev–Trinajstić information content (AvgIpc) is 3.03. The summed E-state index contributed by atoms with van der Waals surface area (Å²) in [5, 5.41) is 1.05. The Hall–Kier alpha value is -2.38. The van der Waals surface area contributed by atoms with E-state index in [1.807, 2.05) is 12.1 Å². The van der Waals surface area contributed by atoms with Gasteiger partial charge < -0.3 is 4.74 Å². The Bertz CT molecular complexity index is 1130. The summed E-state index contributed by atoms with van der Waals surface area (Å²) in [7, 11) is -2.51. The summed E-state index contributed by atoms with van der Waals surface area (Å²) in [4.78, 5) is 11.9. The molecule has 0 saturated carbocycles. The number of allylic oxidation sites excluding steroid dienone is 1. The van der Waals surface area contributed by atoms with Crippen molar-refractivity contribution in [2.24, 2.45) is 0 Å². The molecule has 0 bridgehead atoms. The fourth-order valence-corrected chi connectivity index (χ4v) is 5.38. The summed E-state index contributed by atoms with van der Waals surface area (Å²) in [6, 6.07) is 15.5. The molecule has 0 aliphatic heterocycles. The molecule has 0 N–H and O–H groups in total. The zero-order valence-corrected chi connectivity index (χ0v) is 17.2. The van der Waals surface area contributed by atoms with Gasteiger partial charge in [-0.1, -0.05) is 52.3 Å². The van der Waals surface area contributed by atoms with Crippen LogP contribution in [-0.2, 0) is 24.9 Å². The molecule has 0 amide bonds. The van der Waals surface area contributed by atoms with E-state index in [0.717, 1.165) is 5.39 Å². The second kappa shape index (κ2) is 7.70. The van der Waals surface area contributed by atoms with Gasteiger partial charge in [0.15, 0.2) is 0 Å². The minimum Gasteiger partial charge on any atom is -0.466 e. The second-order valence-corrected chi connectivity index (χ2v) is 8.25. The van der Waals surface area contributed by atoms with Gasteiger partial charge in [0.1, 0.15) is 0 Å². The zero-order chi connectivity index (χ0) is 19.6. The lowest BCUT2D eigenvalue weighted by Crippen LogP contribution is -2.15. The molecule has 0 aliphatic rings. The molecule has 7 heteroatoms. The number of ether oxygens (including phenoxy) is 1. The van der Waals surface area contributed by atoms with Crippen LogP contribution in [0.3, 0.4) is 0 Å². The lowest BCUT2D eigenvalue weighted by molar-refractivity contribution is -0.134. The molecule has 3 rings (SSSR count). The van der Waals surface area contributed by atoms with Gasteiger partial charge in [-0.05, 0) is 30.7 Å². The monoisotopic (exact) mass is 447 g/mol. The first kappa shape index (κ1) is 19.4. The molecular weight excluding hydrogens is 430 g/mol. The first-order chi connectivity index (χ1) is 12.9. The maximum Gasteiger partial charge on any atom is 0.330 e. The van der Waals surface area contributed by atoms with Crippen molar-refractivity contribution in [2.45, 2.75) is 17.1 Å². The molecule has 1 heterocycles. The molecule has 0 fully saturated rings. The number of hydrogen-bond donors (Lipinski definition) is 0. The molecule has 2 aromatic carbocycles. The number of halogens is 1. The predicted octanol–water partition coefficient (Wildman–Crippen LogP) is 4.35. The van der Waals surface area contributed by atoms with Crippen molar-refractivity contribution in [3.63, 3.8) is 0 Å². The number of carbonyl (C=O) groups is 1. The molecule has 0 atom stereocenters. The first-order valence-electron chi connectivity index (χ1n) is 8.17. The number of nitrogens with zero attached hydrogens (tertiary/aromatic N) is 1. The molecule has 0 saturated heterocycles. The summed E-state index contributed by atoms with van der Waals surface area (Å²) in [5.74, 6) is -0.490. The summed E-state index contributed by atoms with van der Waals surface area (Å²) in [6.07, 6.45) is 1.37. The molecule has 1 aromatic heterocycles. The van der Waals surface area contributed by atoms with Gasteiger partial charge >= 0.3 is 5.97 Å². The second-order valence-electron chi connectivity index (χ2n) is 5.91. The van der Waals surface area contributed by atoms with Crippen molar-refractivity contribution in [1.29, 1.82) is 0 Å². The van der Waals surface area contributed by atoms with Crippen LogP contribution in [0.25, 0.3) is 16.5 Å². The highest BCUT2D eigenvalue weighted by atomic mass is 79.9. The first-order valence-corrected chi connectivity index (χ1v) is 10.7. The number of para-hydroxylation sites is 1. The van der Waals surface area contributed by atoms with Crippen molar-refractivity contribution in [2.75, 3.05) is 7.11 Å². The van der Waals surface area contributed by atoms with E-state index in [-0.39, 0.29) is 4.90 Å². The van der Waals surface area contributed by atoms with Gasteiger partial charge in [0.2, 0.25) is 0 Å². The number of aromatic nitrogens is 1. The third kappa shape index (κ3) is 3.44. The summed E-state index contributed by atoms with van der Waals surface area (Å²) >= 11 is 3.43. The van der Waals surface area contributed by atoms with E-state index in [9.17, 15) is 13.2 Å². The van der Waals surface area contributed by atoms with Crippen molar-refractivity contribution in [3.05, 3.63) is 71.9 Å². The summed E-state index contributed by atoms with van der Waals surface area (Å²) in [5.41, 5.74) is 2.45. The third-order valence-corrected chi connectivity index (χ3v) is 6.56. The van der Waals surface area contributed by atoms with Crippen LogP contribution in [0, 0.1) is 0 Å². The van der Waals surface area contributed by atoms with Crippen LogP contribution in [-0.4, -0.2) is 25.5 Å². The molecule has 3 aromatic rings. The Kier molecular flexibility index (Phi) is 5.53. The topological polar surface area (TPSA) is 65.4 Å². The van der Waals surface area contributed by atoms with Gasteiger partial charge in [-0.25, -0.2) is 17.2 Å². The quantitative estimate of drug-likeness (QED) is 0.331. The molecule has 0 radical (unpaired) electrons. The molecule has 140 valence electrons. The Morgan fingerprint density at radius 1 is 1.11 bits per heavy atom. The Balaban J connectivity index is 2.39. The molecular formula is C20H18BrNO4S. The van der Waals surface area contributed by atoms with Crippen LogP contribution >= 0.6 is 15.9 Å². The average molecular weight is 448 g/mol. The minimum atomic E-state index is -3.81. The Morgan fingerprint density at radius 2 is 1.74 bits per heavy atom. The van der Waals surface area contributed by atoms with Crippen molar-refractivity contribution >= 4 is 48.4 Å². The van der Waals surface area contributed by atoms with Crippen molar-refractivity contribution in [1.82, 2.24) is 3.97 Å². The van der Waals surface area contributed by atoms with Crippen molar-refractivity contribution in [3.8, 4) is 0 Å². The van der Waals surface area contributed by atoms with Gasteiger partial charge in [-0.2, -0.15) is 0 Å². The maximum atomic E-state index is 13.4. The maximum absolute atomic E-state index is 13.4. The Labute approximate surface area is 166 Å². The number of rotatable bonds is 5. The molecule has 27 heavy (non-hydrogen) atoms. The molecule has 5 nitrogen and oxygen atoms in total. The van der Waals surface area contributed by atoms with Crippen LogP contribution in [0.15, 0.2) is 65.6 Å². The standard InChI is InChI=1S/C20H18BrNO4S/c1-14(12-19(23)26-2)20-16-10-6-7-11-17(16)22(18(20)13-21)27(24,25)15-8-4-3-5-9-15/h3-12H,13H2,1-2H3/b14-12+. The van der Waals surface area contributed by atoms with E-state index in [2.05, 4.69) is 15.9 Å². The van der Waals surface area contributed by atoms with Crippen LogP contribution < -0.4 is 0 Å². The van der Waals surface area contributed by atoms with Crippen molar-refractivity contribution < 1.29 is 17.9 Å². The number of hydrogen-bond acceptors (Lipinski definition) is 4. The SMILES string of the molecule is COC(=O)/C=C(\C)c1c(CBr)n(S(=O)(=O)c2ccccc2)c2ccccc12. The van der Waals surface area contributed by atoms with Crippen LogP contribution in [0.1, 0.15) is 18.2 Å². The van der Waals surface area contributed by atoms with Gasteiger partial charge in [0.05, 0.1) is 23.2 Å². The lowest BCUT2D eigenvalue weighted by atomic mass is 10.0. The van der Waals surface area contributed by atoms with Gasteiger partial charge in [-0.3, -0.25) is 0 Å². The van der Waals surface area contributed by atoms with Gasteiger partial charge in [0.25, 0.3) is 10.0 Å². The van der Waals surface area contributed by atoms with Gasteiger partial charge in [0, 0.05) is 22.4 Å². The number of methoxy groups -OCH3 is 1. The van der Waals surface area contributed by atoms with E-state index < -0.39 is 16.0 Å². The normalized spacial score (nSPS) is 12.3. The smallest absolute Gasteiger partial charge is 0.330 e. The number of alkyl halides is 1. The largest absolute Gasteiger partial charge is 0.466 e. The Morgan fingerprint density at radius 3 is 2.37 bits per heavy atom. The van der Waals surface area contributed by atoms with Gasteiger partial charge in [-0.15, -0.1) is 0 Å². The minimum absolute atomic E-state index is 0.203. The zero-order valence-electron chi connectivity index (χ0n) is 14.8. The molecule has 0 unspecified atom stereocenters. The molecule has 0 aliphatic carbocycles. The highest BCUT2D eigenvalue weighted by Crippen LogP contribution is 2.35. The fraction of sp³-hybridized carbons (Fsp3) is 0.150.